The summed E-state index contributed by atoms with van der Waals surface area (Å²) in [6.45, 7) is 1.69. The summed E-state index contributed by atoms with van der Waals surface area (Å²) >= 11 is 0. The van der Waals surface area contributed by atoms with E-state index in [1.807, 2.05) is 42.5 Å². The summed E-state index contributed by atoms with van der Waals surface area (Å²) in [7, 11) is 0. The summed E-state index contributed by atoms with van der Waals surface area (Å²) in [5, 5.41) is 0.978. The number of nitrogens with two attached hydrogens (primary N) is 1. The third-order valence-electron chi connectivity index (χ3n) is 3.37. The number of carbonyl (C=O) groups is 1. The molecule has 0 fully saturated rings. The molecule has 2 aromatic heterocycles. The summed E-state index contributed by atoms with van der Waals surface area (Å²) in [5.41, 5.74) is 8.13. The lowest BCUT2D eigenvalue weighted by Gasteiger charge is -2.07. The maximum absolute atomic E-state index is 11.6. The topological polar surface area (TPSA) is 69.1 Å². The number of rotatable bonds is 3. The molecule has 4 nitrogen and oxygen atoms in total. The number of para-hydroxylation sites is 1. The Labute approximate surface area is 121 Å². The third kappa shape index (κ3) is 2.43. The Morgan fingerprint density at radius 1 is 1.19 bits per heavy atom. The van der Waals surface area contributed by atoms with Crippen LogP contribution in [-0.4, -0.2) is 10.9 Å². The summed E-state index contributed by atoms with van der Waals surface area (Å²) in [6.07, 6.45) is 3.37. The molecule has 0 spiro atoms. The van der Waals surface area contributed by atoms with Gasteiger partial charge in [-0.25, -0.2) is 0 Å². The Kier molecular flexibility index (Phi) is 3.28. The molecule has 1 amide bonds. The fourth-order valence-corrected chi connectivity index (χ4v) is 2.28. The normalized spacial score (nSPS) is 12.2. The van der Waals surface area contributed by atoms with Gasteiger partial charge in [0.05, 0.1) is 0 Å². The van der Waals surface area contributed by atoms with Crippen molar-refractivity contribution in [3.05, 3.63) is 71.8 Å². The van der Waals surface area contributed by atoms with Crippen LogP contribution in [0, 0.1) is 0 Å². The summed E-state index contributed by atoms with van der Waals surface area (Å²) in [4.78, 5) is 15.7. The predicted octanol–water partition coefficient (Wildman–Crippen LogP) is 3.13. The van der Waals surface area contributed by atoms with Gasteiger partial charge in [0.15, 0.2) is 0 Å². The van der Waals surface area contributed by atoms with Gasteiger partial charge in [-0.05, 0) is 25.1 Å². The van der Waals surface area contributed by atoms with Gasteiger partial charge in [-0.1, -0.05) is 24.3 Å². The first kappa shape index (κ1) is 13.1. The third-order valence-corrected chi connectivity index (χ3v) is 3.37. The molecule has 4 heteroatoms. The van der Waals surface area contributed by atoms with Crippen LogP contribution in [0.25, 0.3) is 16.5 Å². The van der Waals surface area contributed by atoms with Crippen molar-refractivity contribution in [2.75, 3.05) is 0 Å². The fraction of sp³-hybridized carbons (Fsp3) is 0.0588. The van der Waals surface area contributed by atoms with Gasteiger partial charge in [0, 0.05) is 34.5 Å². The monoisotopic (exact) mass is 278 g/mol. The second-order valence-corrected chi connectivity index (χ2v) is 4.75. The molecule has 1 aromatic carbocycles. The SMILES string of the molecule is CC(C(N)=O)=C(c1cccnc1)c1cc2ccccc2o1. The number of nitrogens with zero attached hydrogens (tertiary/aromatic N) is 1. The molecule has 0 aliphatic heterocycles. The number of amides is 1. The highest BCUT2D eigenvalue weighted by Crippen LogP contribution is 2.31. The molecule has 3 rings (SSSR count). The number of furan rings is 1. The molecule has 0 saturated heterocycles. The van der Waals surface area contributed by atoms with E-state index in [2.05, 4.69) is 4.98 Å². The minimum atomic E-state index is -0.477. The zero-order valence-electron chi connectivity index (χ0n) is 11.5. The minimum Gasteiger partial charge on any atom is -0.456 e. The zero-order chi connectivity index (χ0) is 14.8. The Hall–Kier alpha value is -2.88. The van der Waals surface area contributed by atoms with Crippen LogP contribution >= 0.6 is 0 Å². The van der Waals surface area contributed by atoms with Crippen molar-refractivity contribution in [1.29, 1.82) is 0 Å². The number of hydrogen-bond donors (Lipinski definition) is 1. The molecule has 0 unspecified atom stereocenters. The van der Waals surface area contributed by atoms with Crippen LogP contribution in [0.5, 0.6) is 0 Å². The molecule has 2 N–H and O–H groups in total. The summed E-state index contributed by atoms with van der Waals surface area (Å²) < 4.78 is 5.86. The largest absolute Gasteiger partial charge is 0.456 e. The van der Waals surface area contributed by atoms with Crippen molar-refractivity contribution >= 4 is 22.4 Å². The van der Waals surface area contributed by atoms with E-state index in [0.29, 0.717) is 16.9 Å². The average molecular weight is 278 g/mol. The highest BCUT2D eigenvalue weighted by molar-refractivity contribution is 6.03. The molecular weight excluding hydrogens is 264 g/mol. The maximum atomic E-state index is 11.6. The van der Waals surface area contributed by atoms with Gasteiger partial charge in [-0.2, -0.15) is 0 Å². The van der Waals surface area contributed by atoms with E-state index in [1.54, 1.807) is 19.3 Å². The number of carbonyl (C=O) groups excluding carboxylic acids is 1. The van der Waals surface area contributed by atoms with E-state index in [1.165, 1.54) is 0 Å². The molecule has 3 aromatic rings. The van der Waals surface area contributed by atoms with Crippen molar-refractivity contribution in [2.45, 2.75) is 6.92 Å². The Morgan fingerprint density at radius 2 is 2.00 bits per heavy atom. The average Bonchev–Trinajstić information content (AvgIpc) is 2.91. The van der Waals surface area contributed by atoms with E-state index >= 15 is 0 Å². The second kappa shape index (κ2) is 5.25. The quantitative estimate of drug-likeness (QED) is 0.748. The molecule has 0 aliphatic carbocycles. The number of fused-ring (bicyclic) bond motifs is 1. The highest BCUT2D eigenvalue weighted by Gasteiger charge is 2.16. The molecule has 0 bridgehead atoms. The number of hydrogen-bond acceptors (Lipinski definition) is 3. The maximum Gasteiger partial charge on any atom is 0.245 e. The van der Waals surface area contributed by atoms with Crippen LogP contribution in [0.3, 0.4) is 0 Å². The lowest BCUT2D eigenvalue weighted by molar-refractivity contribution is -0.114. The van der Waals surface area contributed by atoms with Crippen LogP contribution in [-0.2, 0) is 4.79 Å². The van der Waals surface area contributed by atoms with E-state index in [0.717, 1.165) is 16.5 Å². The number of aromatic nitrogens is 1. The molecule has 0 saturated carbocycles. The molecule has 21 heavy (non-hydrogen) atoms. The molecule has 0 radical (unpaired) electrons. The molecule has 104 valence electrons. The highest BCUT2D eigenvalue weighted by atomic mass is 16.3. The first-order valence-corrected chi connectivity index (χ1v) is 6.57. The first-order valence-electron chi connectivity index (χ1n) is 6.57. The molecule has 2 heterocycles. The number of primary amides is 1. The van der Waals surface area contributed by atoms with Crippen molar-refractivity contribution in [3.63, 3.8) is 0 Å². The smallest absolute Gasteiger partial charge is 0.245 e. The van der Waals surface area contributed by atoms with E-state index in [9.17, 15) is 4.79 Å². The van der Waals surface area contributed by atoms with Crippen LogP contribution in [0.2, 0.25) is 0 Å². The van der Waals surface area contributed by atoms with E-state index < -0.39 is 5.91 Å². The zero-order valence-corrected chi connectivity index (χ0v) is 11.5. The Bertz CT molecular complexity index is 799. The number of pyridine rings is 1. The lowest BCUT2D eigenvalue weighted by atomic mass is 9.99. The molecular formula is C17H14N2O2. The van der Waals surface area contributed by atoms with Crippen molar-refractivity contribution < 1.29 is 9.21 Å². The predicted molar refractivity (Wildman–Crippen MR) is 81.3 cm³/mol. The van der Waals surface area contributed by atoms with Crippen molar-refractivity contribution in [2.24, 2.45) is 5.73 Å². The van der Waals surface area contributed by atoms with Gasteiger partial charge in [0.25, 0.3) is 0 Å². The van der Waals surface area contributed by atoms with Gasteiger partial charge >= 0.3 is 0 Å². The fourth-order valence-electron chi connectivity index (χ4n) is 2.28. The van der Waals surface area contributed by atoms with Gasteiger partial charge in [0.2, 0.25) is 5.91 Å². The standard InChI is InChI=1S/C17H14N2O2/c1-11(17(18)20)16(13-6-4-8-19-10-13)15-9-12-5-2-3-7-14(12)21-15/h2-10H,1H3,(H2,18,20). The molecule has 0 atom stereocenters. The minimum absolute atomic E-state index is 0.446. The van der Waals surface area contributed by atoms with Crippen molar-refractivity contribution in [1.82, 2.24) is 4.98 Å². The van der Waals surface area contributed by atoms with Crippen LogP contribution in [0.1, 0.15) is 18.2 Å². The molecule has 0 aliphatic rings. The van der Waals surface area contributed by atoms with Crippen LogP contribution < -0.4 is 5.73 Å². The summed E-state index contributed by atoms with van der Waals surface area (Å²) in [5.74, 6) is 0.134. The lowest BCUT2D eigenvalue weighted by Crippen LogP contribution is -2.13. The van der Waals surface area contributed by atoms with Crippen LogP contribution in [0.15, 0.2) is 64.8 Å². The van der Waals surface area contributed by atoms with Gasteiger partial charge in [-0.15, -0.1) is 0 Å². The first-order chi connectivity index (χ1) is 10.2. The van der Waals surface area contributed by atoms with Gasteiger partial charge < -0.3 is 10.2 Å². The number of benzene rings is 1. The Balaban J connectivity index is 2.25. The van der Waals surface area contributed by atoms with Crippen molar-refractivity contribution in [3.8, 4) is 0 Å². The van der Waals surface area contributed by atoms with Gasteiger partial charge in [0.1, 0.15) is 11.3 Å². The van der Waals surface area contributed by atoms with E-state index in [4.69, 9.17) is 10.2 Å². The summed E-state index contributed by atoms with van der Waals surface area (Å²) in [6, 6.07) is 13.3. The van der Waals surface area contributed by atoms with Gasteiger partial charge in [-0.3, -0.25) is 9.78 Å². The second-order valence-electron chi connectivity index (χ2n) is 4.75. The van der Waals surface area contributed by atoms with E-state index in [-0.39, 0.29) is 0 Å². The van der Waals surface area contributed by atoms with Crippen LogP contribution in [0.4, 0.5) is 0 Å². The Morgan fingerprint density at radius 3 is 2.67 bits per heavy atom.